The standard InChI is InChI=1S/C10H19N5O3/c1-4(16)7(17)5-3-15(2)6-8(12-5)13-10(11)14-9(6)18/h4-6,9-10,14,16,18H,3,11H2,1-2H3,(H,12,13). The van der Waals surface area contributed by atoms with Crippen molar-refractivity contribution in [2.75, 3.05) is 13.6 Å². The molecule has 1 saturated heterocycles. The molecule has 0 aromatic carbocycles. The summed E-state index contributed by atoms with van der Waals surface area (Å²) in [6.45, 7) is 1.78. The Morgan fingerprint density at radius 1 is 1.67 bits per heavy atom. The van der Waals surface area contributed by atoms with E-state index in [4.69, 9.17) is 5.73 Å². The zero-order valence-electron chi connectivity index (χ0n) is 10.4. The van der Waals surface area contributed by atoms with Crippen LogP contribution in [0, 0.1) is 0 Å². The number of hydrogen-bond acceptors (Lipinski definition) is 8. The molecule has 2 rings (SSSR count). The van der Waals surface area contributed by atoms with Crippen LogP contribution in [0.3, 0.4) is 0 Å². The van der Waals surface area contributed by atoms with E-state index in [9.17, 15) is 15.0 Å². The Morgan fingerprint density at radius 3 is 2.94 bits per heavy atom. The molecule has 18 heavy (non-hydrogen) atoms. The van der Waals surface area contributed by atoms with Crippen molar-refractivity contribution >= 4 is 11.6 Å². The van der Waals surface area contributed by atoms with E-state index in [1.807, 2.05) is 4.90 Å². The summed E-state index contributed by atoms with van der Waals surface area (Å²) in [5.41, 5.74) is 5.64. The molecule has 0 saturated carbocycles. The minimum absolute atomic E-state index is 0.337. The maximum atomic E-state index is 11.8. The van der Waals surface area contributed by atoms with Crippen molar-refractivity contribution in [2.45, 2.75) is 37.6 Å². The number of fused-ring (bicyclic) bond motifs is 1. The van der Waals surface area contributed by atoms with Gasteiger partial charge in [0.1, 0.15) is 36.5 Å². The van der Waals surface area contributed by atoms with E-state index in [0.717, 1.165) is 0 Å². The van der Waals surface area contributed by atoms with Gasteiger partial charge in [-0.2, -0.15) is 0 Å². The molecule has 8 heteroatoms. The van der Waals surface area contributed by atoms with Gasteiger partial charge in [0.05, 0.1) is 0 Å². The minimum atomic E-state index is -1.05. The third kappa shape index (κ3) is 2.38. The number of aliphatic imine (C=N–C) groups is 1. The fourth-order valence-corrected chi connectivity index (χ4v) is 2.30. The zero-order chi connectivity index (χ0) is 13.4. The molecule has 5 atom stereocenters. The Morgan fingerprint density at radius 2 is 2.33 bits per heavy atom. The van der Waals surface area contributed by atoms with Crippen molar-refractivity contribution < 1.29 is 15.0 Å². The molecule has 0 radical (unpaired) electrons. The van der Waals surface area contributed by atoms with Gasteiger partial charge in [-0.1, -0.05) is 0 Å². The summed E-state index contributed by atoms with van der Waals surface area (Å²) in [6, 6.07) is -0.992. The Hall–Kier alpha value is -1.06. The largest absolute Gasteiger partial charge is 0.386 e. The van der Waals surface area contributed by atoms with E-state index in [-0.39, 0.29) is 11.8 Å². The number of ketones is 1. The number of carbonyl (C=O) groups is 1. The third-order valence-corrected chi connectivity index (χ3v) is 3.20. The molecule has 0 spiro atoms. The highest BCUT2D eigenvalue weighted by Gasteiger charge is 2.40. The van der Waals surface area contributed by atoms with Crippen molar-refractivity contribution in [3.05, 3.63) is 0 Å². The average molecular weight is 257 g/mol. The highest BCUT2D eigenvalue weighted by molar-refractivity contribution is 5.95. The molecular weight excluding hydrogens is 238 g/mol. The first-order chi connectivity index (χ1) is 8.40. The van der Waals surface area contributed by atoms with E-state index < -0.39 is 24.7 Å². The molecule has 0 aromatic rings. The predicted molar refractivity (Wildman–Crippen MR) is 64.6 cm³/mol. The molecule has 0 aromatic heterocycles. The molecule has 2 aliphatic rings. The van der Waals surface area contributed by atoms with Gasteiger partial charge in [0.15, 0.2) is 5.78 Å². The van der Waals surface area contributed by atoms with Crippen LogP contribution in [0.1, 0.15) is 6.92 Å². The van der Waals surface area contributed by atoms with Crippen molar-refractivity contribution in [3.8, 4) is 0 Å². The van der Waals surface area contributed by atoms with Crippen LogP contribution in [0.4, 0.5) is 0 Å². The lowest BCUT2D eigenvalue weighted by atomic mass is 10.0. The van der Waals surface area contributed by atoms with E-state index in [0.29, 0.717) is 12.4 Å². The van der Waals surface area contributed by atoms with Gasteiger partial charge in [-0.05, 0) is 14.0 Å². The monoisotopic (exact) mass is 257 g/mol. The lowest BCUT2D eigenvalue weighted by Gasteiger charge is -2.43. The Bertz CT molecular complexity index is 373. The number of nitrogens with zero attached hydrogens (tertiary/aromatic N) is 2. The summed E-state index contributed by atoms with van der Waals surface area (Å²) >= 11 is 0. The molecule has 2 heterocycles. The quantitative estimate of drug-likeness (QED) is 0.352. The molecule has 0 aliphatic carbocycles. The molecular formula is C10H19N5O3. The van der Waals surface area contributed by atoms with E-state index in [2.05, 4.69) is 15.6 Å². The molecule has 5 unspecified atom stereocenters. The van der Waals surface area contributed by atoms with Crippen LogP contribution in [0.15, 0.2) is 4.99 Å². The van der Waals surface area contributed by atoms with E-state index >= 15 is 0 Å². The average Bonchev–Trinajstić information content (AvgIpc) is 2.25. The van der Waals surface area contributed by atoms with Gasteiger partial charge in [0, 0.05) is 6.54 Å². The summed E-state index contributed by atoms with van der Waals surface area (Å²) in [4.78, 5) is 17.8. The molecule has 0 amide bonds. The number of amidine groups is 1. The smallest absolute Gasteiger partial charge is 0.186 e. The van der Waals surface area contributed by atoms with Crippen LogP contribution >= 0.6 is 0 Å². The van der Waals surface area contributed by atoms with Crippen LogP contribution < -0.4 is 16.4 Å². The maximum Gasteiger partial charge on any atom is 0.186 e. The first-order valence-electron chi connectivity index (χ1n) is 5.86. The summed E-state index contributed by atoms with van der Waals surface area (Å²) < 4.78 is 0. The molecule has 8 nitrogen and oxygen atoms in total. The van der Waals surface area contributed by atoms with Crippen molar-refractivity contribution in [1.82, 2.24) is 15.5 Å². The lowest BCUT2D eigenvalue weighted by Crippen LogP contribution is -2.72. The molecule has 6 N–H and O–H groups in total. The fraction of sp³-hybridized carbons (Fsp3) is 0.800. The van der Waals surface area contributed by atoms with Crippen LogP contribution in [-0.2, 0) is 4.79 Å². The van der Waals surface area contributed by atoms with Gasteiger partial charge >= 0.3 is 0 Å². The zero-order valence-corrected chi connectivity index (χ0v) is 10.4. The third-order valence-electron chi connectivity index (χ3n) is 3.20. The lowest BCUT2D eigenvalue weighted by molar-refractivity contribution is -0.128. The first-order valence-corrected chi connectivity index (χ1v) is 5.86. The molecule has 1 fully saturated rings. The number of hydrogen-bond donors (Lipinski definition) is 5. The van der Waals surface area contributed by atoms with Gasteiger partial charge in [-0.15, -0.1) is 0 Å². The van der Waals surface area contributed by atoms with Gasteiger partial charge in [-0.3, -0.25) is 25.7 Å². The minimum Gasteiger partial charge on any atom is -0.386 e. The number of rotatable bonds is 2. The fourth-order valence-electron chi connectivity index (χ4n) is 2.30. The van der Waals surface area contributed by atoms with Gasteiger partial charge in [0.2, 0.25) is 0 Å². The normalized spacial score (nSPS) is 38.4. The second-order valence-electron chi connectivity index (χ2n) is 4.73. The Labute approximate surface area is 105 Å². The highest BCUT2D eigenvalue weighted by Crippen LogP contribution is 2.16. The van der Waals surface area contributed by atoms with Crippen LogP contribution in [0.5, 0.6) is 0 Å². The topological polar surface area (TPSA) is 123 Å². The number of Topliss-reactive ketones (excluding diaryl/α,β-unsaturated/α-hetero) is 1. The van der Waals surface area contributed by atoms with Gasteiger partial charge < -0.3 is 15.5 Å². The van der Waals surface area contributed by atoms with Crippen LogP contribution in [0.25, 0.3) is 0 Å². The van der Waals surface area contributed by atoms with E-state index in [1.165, 1.54) is 6.92 Å². The predicted octanol–water partition coefficient (Wildman–Crippen LogP) is -3.23. The molecule has 2 aliphatic heterocycles. The second kappa shape index (κ2) is 4.90. The molecule has 0 bridgehead atoms. The summed E-state index contributed by atoms with van der Waals surface area (Å²) in [5, 5.41) is 24.8. The maximum absolute atomic E-state index is 11.8. The Kier molecular flexibility index (Phi) is 3.64. The Balaban J connectivity index is 2.23. The summed E-state index contributed by atoms with van der Waals surface area (Å²) in [7, 11) is 1.78. The number of aliphatic hydroxyl groups is 2. The SMILES string of the molecule is CC(O)C(=O)C1CN(C)C2C(=N1)NC(N)NC2O. The number of carbonyl (C=O) groups excluding carboxylic acids is 1. The number of nitrogens with one attached hydrogen (secondary N) is 2. The number of likely N-dealkylation sites (N-methyl/N-ethyl adjacent to an activating group) is 1. The van der Waals surface area contributed by atoms with Gasteiger partial charge in [-0.25, -0.2) is 0 Å². The first kappa shape index (κ1) is 13.4. The van der Waals surface area contributed by atoms with Crippen molar-refractivity contribution in [1.29, 1.82) is 0 Å². The highest BCUT2D eigenvalue weighted by atomic mass is 16.3. The van der Waals surface area contributed by atoms with Crippen LogP contribution in [-0.4, -0.2) is 71.0 Å². The summed E-state index contributed by atoms with van der Waals surface area (Å²) in [6.07, 6.45) is -2.50. The molecule has 102 valence electrons. The van der Waals surface area contributed by atoms with Crippen molar-refractivity contribution in [2.24, 2.45) is 10.7 Å². The van der Waals surface area contributed by atoms with Crippen molar-refractivity contribution in [3.63, 3.8) is 0 Å². The van der Waals surface area contributed by atoms with E-state index in [1.54, 1.807) is 7.05 Å². The second-order valence-corrected chi connectivity index (χ2v) is 4.73. The van der Waals surface area contributed by atoms with Crippen LogP contribution in [0.2, 0.25) is 0 Å². The summed E-state index contributed by atoms with van der Waals surface area (Å²) in [5.74, 6) is 0.137. The number of aliphatic hydroxyl groups excluding tert-OH is 2. The number of nitrogens with two attached hydrogens (primary N) is 1. The van der Waals surface area contributed by atoms with Gasteiger partial charge in [0.25, 0.3) is 0 Å².